The normalized spacial score (nSPS) is 14.5. The Hall–Kier alpha value is -0.910. The van der Waals surface area contributed by atoms with Crippen molar-refractivity contribution < 1.29 is 14.6 Å². The highest BCUT2D eigenvalue weighted by Gasteiger charge is 2.23. The van der Waals surface area contributed by atoms with Gasteiger partial charge >= 0.3 is 5.97 Å². The van der Waals surface area contributed by atoms with Crippen LogP contribution < -0.4 is 5.32 Å². The molecule has 16 heavy (non-hydrogen) atoms. The number of aliphatic hydroxyl groups is 1. The molecule has 0 aliphatic carbocycles. The molecule has 4 nitrogen and oxygen atoms in total. The number of esters is 1. The number of nitrogens with one attached hydrogen (secondary N) is 1. The van der Waals surface area contributed by atoms with E-state index in [1.807, 2.05) is 19.1 Å². The van der Waals surface area contributed by atoms with Crippen molar-refractivity contribution in [1.29, 1.82) is 0 Å². The van der Waals surface area contributed by atoms with E-state index < -0.39 is 18.1 Å². The topological polar surface area (TPSA) is 58.6 Å². The van der Waals surface area contributed by atoms with Gasteiger partial charge in [-0.2, -0.15) is 0 Å². The Morgan fingerprint density at radius 2 is 2.31 bits per heavy atom. The van der Waals surface area contributed by atoms with Crippen LogP contribution in [0.25, 0.3) is 0 Å². The van der Waals surface area contributed by atoms with Crippen LogP contribution in [0.15, 0.2) is 12.1 Å². The molecule has 90 valence electrons. The van der Waals surface area contributed by atoms with E-state index in [0.717, 1.165) is 4.88 Å². The number of aliphatic hydroxyl groups excluding tert-OH is 1. The summed E-state index contributed by atoms with van der Waals surface area (Å²) < 4.78 is 4.61. The first-order chi connectivity index (χ1) is 7.54. The van der Waals surface area contributed by atoms with Gasteiger partial charge in [0.05, 0.1) is 13.2 Å². The predicted molar refractivity (Wildman–Crippen MR) is 63.4 cm³/mol. The number of rotatable bonds is 5. The molecule has 0 amide bonds. The Labute approximate surface area is 99.2 Å². The van der Waals surface area contributed by atoms with E-state index in [1.54, 1.807) is 18.3 Å². The molecule has 0 aliphatic rings. The molecule has 2 N–H and O–H groups in total. The summed E-state index contributed by atoms with van der Waals surface area (Å²) in [7, 11) is 1.31. The molecule has 1 aromatic rings. The lowest BCUT2D eigenvalue weighted by Gasteiger charge is -2.18. The van der Waals surface area contributed by atoms with Crippen LogP contribution in [-0.2, 0) is 16.1 Å². The van der Waals surface area contributed by atoms with Crippen molar-refractivity contribution in [2.45, 2.75) is 32.5 Å². The average molecular weight is 243 g/mol. The van der Waals surface area contributed by atoms with E-state index in [0.29, 0.717) is 6.54 Å². The van der Waals surface area contributed by atoms with Gasteiger partial charge in [0, 0.05) is 16.3 Å². The van der Waals surface area contributed by atoms with Gasteiger partial charge in [0.1, 0.15) is 6.04 Å². The first kappa shape index (κ1) is 13.2. The molecule has 5 heteroatoms. The monoisotopic (exact) mass is 243 g/mol. The fourth-order valence-corrected chi connectivity index (χ4v) is 2.21. The minimum Gasteiger partial charge on any atom is -0.468 e. The van der Waals surface area contributed by atoms with Gasteiger partial charge in [-0.25, -0.2) is 0 Å². The van der Waals surface area contributed by atoms with Crippen molar-refractivity contribution in [2.24, 2.45) is 0 Å². The van der Waals surface area contributed by atoms with Crippen LogP contribution in [-0.4, -0.2) is 30.3 Å². The number of hydrogen-bond donors (Lipinski definition) is 2. The number of aryl methyl sites for hydroxylation is 1. The lowest BCUT2D eigenvalue weighted by Crippen LogP contribution is -2.44. The first-order valence-corrected chi connectivity index (χ1v) is 5.91. The van der Waals surface area contributed by atoms with Crippen LogP contribution in [0.4, 0.5) is 0 Å². The summed E-state index contributed by atoms with van der Waals surface area (Å²) >= 11 is 1.66. The van der Waals surface area contributed by atoms with Gasteiger partial charge in [-0.15, -0.1) is 11.3 Å². The number of ether oxygens (including phenoxy) is 1. The van der Waals surface area contributed by atoms with Gasteiger partial charge in [-0.05, 0) is 26.0 Å². The third-order valence-electron chi connectivity index (χ3n) is 2.23. The lowest BCUT2D eigenvalue weighted by molar-refractivity contribution is -0.145. The Kier molecular flexibility index (Phi) is 4.92. The molecule has 0 unspecified atom stereocenters. The second kappa shape index (κ2) is 5.98. The quantitative estimate of drug-likeness (QED) is 0.759. The van der Waals surface area contributed by atoms with Crippen molar-refractivity contribution in [3.05, 3.63) is 21.9 Å². The molecule has 0 saturated heterocycles. The lowest BCUT2D eigenvalue weighted by atomic mass is 10.2. The molecular weight excluding hydrogens is 226 g/mol. The summed E-state index contributed by atoms with van der Waals surface area (Å²) in [5.74, 6) is -0.441. The molecule has 1 heterocycles. The highest BCUT2D eigenvalue weighted by Crippen LogP contribution is 2.14. The molecule has 0 radical (unpaired) electrons. The molecule has 0 spiro atoms. The van der Waals surface area contributed by atoms with Gasteiger partial charge in [-0.1, -0.05) is 0 Å². The Bertz CT molecular complexity index is 349. The smallest absolute Gasteiger partial charge is 0.325 e. The largest absolute Gasteiger partial charge is 0.468 e. The fraction of sp³-hybridized carbons (Fsp3) is 0.545. The third kappa shape index (κ3) is 3.59. The number of carbonyl (C=O) groups excluding carboxylic acids is 1. The molecule has 1 aromatic heterocycles. The summed E-state index contributed by atoms with van der Waals surface area (Å²) in [6.07, 6.45) is -0.770. The predicted octanol–water partition coefficient (Wildman–Crippen LogP) is 1.07. The summed E-state index contributed by atoms with van der Waals surface area (Å²) in [6.45, 7) is 4.15. The van der Waals surface area contributed by atoms with Gasteiger partial charge in [-0.3, -0.25) is 10.1 Å². The first-order valence-electron chi connectivity index (χ1n) is 5.09. The highest BCUT2D eigenvalue weighted by atomic mass is 32.1. The van der Waals surface area contributed by atoms with Crippen molar-refractivity contribution >= 4 is 17.3 Å². The Morgan fingerprint density at radius 3 is 2.75 bits per heavy atom. The van der Waals surface area contributed by atoms with Gasteiger partial charge in [0.15, 0.2) is 0 Å². The number of thiophene rings is 1. The zero-order valence-electron chi connectivity index (χ0n) is 9.69. The number of methoxy groups -OCH3 is 1. The molecule has 0 saturated carbocycles. The van der Waals surface area contributed by atoms with Crippen molar-refractivity contribution in [3.63, 3.8) is 0 Å². The number of carbonyl (C=O) groups is 1. The van der Waals surface area contributed by atoms with Crippen LogP contribution in [0.3, 0.4) is 0 Å². The zero-order valence-corrected chi connectivity index (χ0v) is 10.5. The van der Waals surface area contributed by atoms with Crippen LogP contribution >= 0.6 is 11.3 Å². The average Bonchev–Trinajstić information content (AvgIpc) is 2.63. The molecule has 0 aliphatic heterocycles. The van der Waals surface area contributed by atoms with Crippen molar-refractivity contribution in [3.8, 4) is 0 Å². The van der Waals surface area contributed by atoms with Crippen LogP contribution in [0.1, 0.15) is 16.7 Å². The summed E-state index contributed by atoms with van der Waals surface area (Å²) in [6, 6.07) is 3.35. The van der Waals surface area contributed by atoms with E-state index in [2.05, 4.69) is 10.1 Å². The third-order valence-corrected chi connectivity index (χ3v) is 3.23. The van der Waals surface area contributed by atoms with Crippen LogP contribution in [0, 0.1) is 6.92 Å². The Morgan fingerprint density at radius 1 is 1.62 bits per heavy atom. The molecule has 0 aromatic carbocycles. The summed E-state index contributed by atoms with van der Waals surface area (Å²) in [4.78, 5) is 13.7. The maximum absolute atomic E-state index is 11.3. The summed E-state index contributed by atoms with van der Waals surface area (Å²) in [5.41, 5.74) is 0. The molecule has 0 fully saturated rings. The second-order valence-electron chi connectivity index (χ2n) is 3.63. The van der Waals surface area contributed by atoms with Gasteiger partial charge in [0.25, 0.3) is 0 Å². The SMILES string of the molecule is COC(=O)[C@@H](NCc1ccc(C)s1)[C@H](C)O. The minimum atomic E-state index is -0.770. The van der Waals surface area contributed by atoms with Crippen LogP contribution in [0.2, 0.25) is 0 Å². The van der Waals surface area contributed by atoms with E-state index in [9.17, 15) is 9.90 Å². The van der Waals surface area contributed by atoms with Crippen LogP contribution in [0.5, 0.6) is 0 Å². The molecular formula is C11H17NO3S. The van der Waals surface area contributed by atoms with E-state index >= 15 is 0 Å². The molecule has 1 rings (SSSR count). The maximum atomic E-state index is 11.3. The van der Waals surface area contributed by atoms with E-state index in [-0.39, 0.29) is 0 Å². The second-order valence-corrected chi connectivity index (χ2v) is 5.01. The minimum absolute atomic E-state index is 0.441. The summed E-state index contributed by atoms with van der Waals surface area (Å²) in [5, 5.41) is 12.4. The van der Waals surface area contributed by atoms with E-state index in [4.69, 9.17) is 0 Å². The fourth-order valence-electron chi connectivity index (χ4n) is 1.37. The highest BCUT2D eigenvalue weighted by molar-refractivity contribution is 7.11. The van der Waals surface area contributed by atoms with Gasteiger partial charge < -0.3 is 9.84 Å². The molecule has 2 atom stereocenters. The van der Waals surface area contributed by atoms with Gasteiger partial charge in [0.2, 0.25) is 0 Å². The maximum Gasteiger partial charge on any atom is 0.325 e. The molecule has 0 bridgehead atoms. The standard InChI is InChI=1S/C11H17NO3S/c1-7-4-5-9(16-7)6-12-10(8(2)13)11(14)15-3/h4-5,8,10,12-13H,6H2,1-3H3/t8-,10-/m0/s1. The van der Waals surface area contributed by atoms with Crippen molar-refractivity contribution in [2.75, 3.05) is 7.11 Å². The zero-order chi connectivity index (χ0) is 12.1. The van der Waals surface area contributed by atoms with E-state index in [1.165, 1.54) is 12.0 Å². The number of hydrogen-bond acceptors (Lipinski definition) is 5. The Balaban J connectivity index is 2.53. The van der Waals surface area contributed by atoms with Crippen molar-refractivity contribution in [1.82, 2.24) is 5.32 Å².